The van der Waals surface area contributed by atoms with Gasteiger partial charge in [-0.25, -0.2) is 8.78 Å². The Labute approximate surface area is 184 Å². The number of hydrogen-bond acceptors (Lipinski definition) is 3. The van der Waals surface area contributed by atoms with E-state index in [1.165, 1.54) is 6.07 Å². The van der Waals surface area contributed by atoms with E-state index in [9.17, 15) is 13.6 Å². The highest BCUT2D eigenvalue weighted by Crippen LogP contribution is 2.30. The van der Waals surface area contributed by atoms with Crippen LogP contribution in [0.3, 0.4) is 0 Å². The summed E-state index contributed by atoms with van der Waals surface area (Å²) < 4.78 is 34.7. The molecule has 0 atom stereocenters. The molecule has 0 saturated heterocycles. The summed E-state index contributed by atoms with van der Waals surface area (Å²) in [4.78, 5) is 17.3. The molecule has 4 rings (SSSR count). The highest BCUT2D eigenvalue weighted by atomic mass is 19.2. The summed E-state index contributed by atoms with van der Waals surface area (Å²) in [7, 11) is 0. The number of halogens is 2. The number of pyridine rings is 1. The first kappa shape index (κ1) is 21.2. The Morgan fingerprint density at radius 1 is 1.09 bits per heavy atom. The van der Waals surface area contributed by atoms with Crippen LogP contribution in [-0.2, 0) is 13.1 Å². The van der Waals surface area contributed by atoms with Gasteiger partial charge in [0.15, 0.2) is 11.6 Å². The van der Waals surface area contributed by atoms with Gasteiger partial charge in [-0.15, -0.1) is 0 Å². The third-order valence-corrected chi connectivity index (χ3v) is 4.98. The van der Waals surface area contributed by atoms with Crippen LogP contribution in [0.4, 0.5) is 8.78 Å². The molecule has 0 radical (unpaired) electrons. The number of rotatable bonds is 8. The summed E-state index contributed by atoms with van der Waals surface area (Å²) in [5.41, 5.74) is 2.35. The number of ether oxygens (including phenoxy) is 1. The molecule has 162 valence electrons. The van der Waals surface area contributed by atoms with Crippen LogP contribution in [0.25, 0.3) is 10.9 Å². The molecule has 0 spiro atoms. The molecule has 2 aromatic heterocycles. The van der Waals surface area contributed by atoms with Gasteiger partial charge in [0.1, 0.15) is 18.1 Å². The molecule has 7 heteroatoms. The fourth-order valence-corrected chi connectivity index (χ4v) is 3.47. The van der Waals surface area contributed by atoms with Gasteiger partial charge in [-0.3, -0.25) is 9.78 Å². The highest BCUT2D eigenvalue weighted by molar-refractivity contribution is 6.00. The molecule has 0 saturated carbocycles. The van der Waals surface area contributed by atoms with Gasteiger partial charge in [0, 0.05) is 18.1 Å². The van der Waals surface area contributed by atoms with Crippen molar-refractivity contribution in [1.82, 2.24) is 14.9 Å². The second-order valence-corrected chi connectivity index (χ2v) is 7.16. The van der Waals surface area contributed by atoms with E-state index >= 15 is 0 Å². The zero-order valence-corrected chi connectivity index (χ0v) is 17.2. The summed E-state index contributed by atoms with van der Waals surface area (Å²) in [6.07, 6.45) is 3.29. The van der Waals surface area contributed by atoms with Gasteiger partial charge >= 0.3 is 0 Å². The second kappa shape index (κ2) is 9.43. The summed E-state index contributed by atoms with van der Waals surface area (Å²) in [6, 6.07) is 16.4. The average molecular weight is 433 g/mol. The molecule has 1 N–H and O–H groups in total. The van der Waals surface area contributed by atoms with Crippen molar-refractivity contribution in [3.05, 3.63) is 108 Å². The van der Waals surface area contributed by atoms with Crippen LogP contribution in [0.1, 0.15) is 21.7 Å². The largest absolute Gasteiger partial charge is 0.489 e. The van der Waals surface area contributed by atoms with Crippen LogP contribution >= 0.6 is 0 Å². The van der Waals surface area contributed by atoms with E-state index in [1.807, 2.05) is 30.3 Å². The van der Waals surface area contributed by atoms with Crippen molar-refractivity contribution in [3.8, 4) is 5.75 Å². The van der Waals surface area contributed by atoms with E-state index in [1.54, 1.807) is 29.0 Å². The number of fused-ring (bicyclic) bond motifs is 1. The molecule has 4 aromatic rings. The Morgan fingerprint density at radius 3 is 2.72 bits per heavy atom. The summed E-state index contributed by atoms with van der Waals surface area (Å²) in [5.74, 6) is -1.57. The molecule has 32 heavy (non-hydrogen) atoms. The highest BCUT2D eigenvalue weighted by Gasteiger charge is 2.19. The number of carbonyl (C=O) groups excluding carboxylic acids is 1. The van der Waals surface area contributed by atoms with Gasteiger partial charge in [0.05, 0.1) is 17.8 Å². The maximum Gasteiger partial charge on any atom is 0.268 e. The van der Waals surface area contributed by atoms with Crippen molar-refractivity contribution in [1.29, 1.82) is 0 Å². The smallest absolute Gasteiger partial charge is 0.268 e. The summed E-state index contributed by atoms with van der Waals surface area (Å²) in [5, 5.41) is 3.61. The first-order chi connectivity index (χ1) is 15.6. The lowest BCUT2D eigenvalue weighted by molar-refractivity contribution is 0.0942. The average Bonchev–Trinajstić information content (AvgIpc) is 3.18. The molecule has 0 fully saturated rings. The minimum atomic E-state index is -0.935. The zero-order chi connectivity index (χ0) is 22.5. The Hall–Kier alpha value is -4.00. The Bertz CT molecular complexity index is 1270. The Balaban J connectivity index is 1.73. The number of amides is 1. The molecule has 0 aliphatic heterocycles. The molecule has 0 aliphatic carbocycles. The lowest BCUT2D eigenvalue weighted by atomic mass is 10.2. The van der Waals surface area contributed by atoms with Crippen LogP contribution in [0, 0.1) is 11.6 Å². The number of nitrogens with one attached hydrogen (secondary N) is 1. The topological polar surface area (TPSA) is 56.1 Å². The van der Waals surface area contributed by atoms with Gasteiger partial charge in [0.25, 0.3) is 5.91 Å². The van der Waals surface area contributed by atoms with Crippen molar-refractivity contribution < 1.29 is 18.3 Å². The van der Waals surface area contributed by atoms with Crippen LogP contribution in [-0.4, -0.2) is 22.1 Å². The van der Waals surface area contributed by atoms with Gasteiger partial charge in [0.2, 0.25) is 0 Å². The van der Waals surface area contributed by atoms with E-state index in [0.717, 1.165) is 28.7 Å². The molecule has 0 bridgehead atoms. The molecular formula is C25H21F2N3O2. The Morgan fingerprint density at radius 2 is 1.97 bits per heavy atom. The zero-order valence-electron chi connectivity index (χ0n) is 17.2. The van der Waals surface area contributed by atoms with Crippen LogP contribution < -0.4 is 10.1 Å². The van der Waals surface area contributed by atoms with E-state index in [0.29, 0.717) is 23.6 Å². The quantitative estimate of drug-likeness (QED) is 0.404. The summed E-state index contributed by atoms with van der Waals surface area (Å²) >= 11 is 0. The van der Waals surface area contributed by atoms with Gasteiger partial charge < -0.3 is 14.6 Å². The molecular weight excluding hydrogens is 412 g/mol. The van der Waals surface area contributed by atoms with Crippen molar-refractivity contribution in [2.75, 3.05) is 6.61 Å². The number of nitrogens with zero attached hydrogens (tertiary/aromatic N) is 2. The second-order valence-electron chi connectivity index (χ2n) is 7.16. The minimum Gasteiger partial charge on any atom is -0.489 e. The third kappa shape index (κ3) is 4.51. The number of benzene rings is 2. The predicted molar refractivity (Wildman–Crippen MR) is 118 cm³/mol. The minimum absolute atomic E-state index is 0.179. The maximum atomic E-state index is 13.8. The molecule has 5 nitrogen and oxygen atoms in total. The molecule has 1 amide bonds. The van der Waals surface area contributed by atoms with E-state index in [4.69, 9.17) is 4.74 Å². The van der Waals surface area contributed by atoms with Gasteiger partial charge in [-0.05, 0) is 48.0 Å². The lowest BCUT2D eigenvalue weighted by Crippen LogP contribution is -2.26. The van der Waals surface area contributed by atoms with Crippen molar-refractivity contribution in [2.45, 2.75) is 13.1 Å². The normalized spacial score (nSPS) is 10.8. The monoisotopic (exact) mass is 433 g/mol. The van der Waals surface area contributed by atoms with Gasteiger partial charge in [-0.2, -0.15) is 0 Å². The van der Waals surface area contributed by atoms with E-state index in [-0.39, 0.29) is 19.0 Å². The summed E-state index contributed by atoms with van der Waals surface area (Å²) in [6.45, 7) is 4.41. The van der Waals surface area contributed by atoms with Gasteiger partial charge in [-0.1, -0.05) is 30.9 Å². The fraction of sp³-hybridized carbons (Fsp3) is 0.120. The van der Waals surface area contributed by atoms with Crippen LogP contribution in [0.15, 0.2) is 79.5 Å². The van der Waals surface area contributed by atoms with E-state index < -0.39 is 11.6 Å². The first-order valence-corrected chi connectivity index (χ1v) is 10.0. The predicted octanol–water partition coefficient (Wildman–Crippen LogP) is 4.86. The molecule has 2 aromatic carbocycles. The number of aromatic nitrogens is 2. The van der Waals surface area contributed by atoms with Crippen molar-refractivity contribution in [3.63, 3.8) is 0 Å². The van der Waals surface area contributed by atoms with Crippen molar-refractivity contribution >= 4 is 16.8 Å². The number of carbonyl (C=O) groups is 1. The molecule has 2 heterocycles. The Kier molecular flexibility index (Phi) is 6.26. The first-order valence-electron chi connectivity index (χ1n) is 10.0. The SMILES string of the molecule is C=CCOc1cccc2c1cc(C(=O)NCc1ccccn1)n2Cc1ccc(F)c(F)c1. The standard InChI is InChI=1S/C25H21F2N3O2/c1-2-12-32-24-8-5-7-22-19(24)14-23(25(31)29-15-18-6-3-4-11-28-18)30(22)16-17-9-10-20(26)21(27)13-17/h2-11,13-14H,1,12,15-16H2,(H,29,31). The lowest BCUT2D eigenvalue weighted by Gasteiger charge is -2.12. The maximum absolute atomic E-state index is 13.8. The van der Waals surface area contributed by atoms with Crippen LogP contribution in [0.2, 0.25) is 0 Å². The number of hydrogen-bond donors (Lipinski definition) is 1. The molecule has 0 aliphatic rings. The third-order valence-electron chi connectivity index (χ3n) is 4.98. The molecule has 0 unspecified atom stereocenters. The van der Waals surface area contributed by atoms with Crippen LogP contribution in [0.5, 0.6) is 5.75 Å². The fourth-order valence-electron chi connectivity index (χ4n) is 3.47. The van der Waals surface area contributed by atoms with E-state index in [2.05, 4.69) is 16.9 Å². The van der Waals surface area contributed by atoms with Crippen molar-refractivity contribution in [2.24, 2.45) is 0 Å².